The fourth-order valence-corrected chi connectivity index (χ4v) is 1.25. The fraction of sp³-hybridized carbons (Fsp3) is 1.00. The minimum atomic E-state index is 0.393. The zero-order valence-corrected chi connectivity index (χ0v) is 9.44. The van der Waals surface area contributed by atoms with Crippen LogP contribution in [0.4, 0.5) is 0 Å². The van der Waals surface area contributed by atoms with Gasteiger partial charge in [-0.05, 0) is 40.3 Å². The van der Waals surface area contributed by atoms with Crippen LogP contribution in [0, 0.1) is 0 Å². The molecule has 1 N–H and O–H groups in total. The monoisotopic (exact) mass is 187 g/mol. The van der Waals surface area contributed by atoms with Gasteiger partial charge in [-0.3, -0.25) is 0 Å². The Hall–Kier alpha value is -0.0800. The van der Waals surface area contributed by atoms with Crippen LogP contribution in [-0.2, 0) is 4.74 Å². The molecule has 0 rings (SSSR count). The third-order valence-corrected chi connectivity index (χ3v) is 2.02. The van der Waals surface area contributed by atoms with E-state index >= 15 is 0 Å². The first-order valence-electron chi connectivity index (χ1n) is 5.53. The molecular formula is C11H25NO. The summed E-state index contributed by atoms with van der Waals surface area (Å²) >= 11 is 0. The molecule has 0 aliphatic heterocycles. The predicted octanol–water partition coefficient (Wildman–Crippen LogP) is 2.58. The summed E-state index contributed by atoms with van der Waals surface area (Å²) < 4.78 is 5.46. The Balaban J connectivity index is 2.84. The molecule has 0 saturated heterocycles. The van der Waals surface area contributed by atoms with Crippen molar-refractivity contribution in [2.45, 2.75) is 52.1 Å². The average Bonchev–Trinajstić information content (AvgIpc) is 2.09. The first-order chi connectivity index (χ1) is 6.27. The summed E-state index contributed by atoms with van der Waals surface area (Å²) in [6, 6.07) is 0. The van der Waals surface area contributed by atoms with Crippen LogP contribution in [-0.4, -0.2) is 26.3 Å². The molecule has 0 amide bonds. The Kier molecular flexibility index (Phi) is 9.94. The lowest BCUT2D eigenvalue weighted by molar-refractivity contribution is 0.0757. The molecule has 80 valence electrons. The van der Waals surface area contributed by atoms with Gasteiger partial charge in [-0.15, -0.1) is 0 Å². The summed E-state index contributed by atoms with van der Waals surface area (Å²) in [5, 5.41) is 3.16. The van der Waals surface area contributed by atoms with Gasteiger partial charge in [0.05, 0.1) is 6.10 Å². The van der Waals surface area contributed by atoms with Crippen LogP contribution < -0.4 is 5.32 Å². The molecule has 0 aromatic rings. The molecule has 0 aliphatic rings. The van der Waals surface area contributed by atoms with Gasteiger partial charge in [0.25, 0.3) is 0 Å². The minimum Gasteiger partial charge on any atom is -0.379 e. The SMILES string of the molecule is CNCCCCCCCOC(C)C. The highest BCUT2D eigenvalue weighted by Gasteiger charge is 1.93. The van der Waals surface area contributed by atoms with E-state index in [1.165, 1.54) is 32.1 Å². The zero-order valence-electron chi connectivity index (χ0n) is 9.44. The standard InChI is InChI=1S/C11H25NO/c1-11(2)13-10-8-6-4-5-7-9-12-3/h11-12H,4-10H2,1-3H3. The summed E-state index contributed by atoms with van der Waals surface area (Å²) in [5.74, 6) is 0. The molecule has 0 heterocycles. The molecule has 0 aromatic heterocycles. The molecule has 0 aliphatic carbocycles. The number of unbranched alkanes of at least 4 members (excludes halogenated alkanes) is 4. The predicted molar refractivity (Wildman–Crippen MR) is 58.1 cm³/mol. The van der Waals surface area contributed by atoms with Gasteiger partial charge in [0.15, 0.2) is 0 Å². The maximum atomic E-state index is 5.46. The van der Waals surface area contributed by atoms with Gasteiger partial charge < -0.3 is 10.1 Å². The number of hydrogen-bond acceptors (Lipinski definition) is 2. The van der Waals surface area contributed by atoms with Gasteiger partial charge in [0.1, 0.15) is 0 Å². The van der Waals surface area contributed by atoms with Gasteiger partial charge >= 0.3 is 0 Å². The summed E-state index contributed by atoms with van der Waals surface area (Å²) in [4.78, 5) is 0. The van der Waals surface area contributed by atoms with Crippen LogP contribution in [0.1, 0.15) is 46.0 Å². The molecule has 2 heteroatoms. The maximum Gasteiger partial charge on any atom is 0.0518 e. The highest BCUT2D eigenvalue weighted by Crippen LogP contribution is 2.03. The summed E-state index contributed by atoms with van der Waals surface area (Å²) in [5.41, 5.74) is 0. The molecule has 0 spiro atoms. The first kappa shape index (κ1) is 12.9. The Bertz CT molecular complexity index is 94.1. The van der Waals surface area contributed by atoms with Crippen LogP contribution in [0.3, 0.4) is 0 Å². The average molecular weight is 187 g/mol. The topological polar surface area (TPSA) is 21.3 Å². The van der Waals surface area contributed by atoms with Crippen LogP contribution in [0.5, 0.6) is 0 Å². The second kappa shape index (κ2) is 10.0. The quantitative estimate of drug-likeness (QED) is 0.560. The highest BCUT2D eigenvalue weighted by molar-refractivity contribution is 4.46. The van der Waals surface area contributed by atoms with E-state index in [4.69, 9.17) is 4.74 Å². The third-order valence-electron chi connectivity index (χ3n) is 2.02. The number of nitrogens with one attached hydrogen (secondary N) is 1. The molecule has 0 unspecified atom stereocenters. The molecule has 0 atom stereocenters. The molecule has 13 heavy (non-hydrogen) atoms. The van der Waals surface area contributed by atoms with E-state index in [0.29, 0.717) is 6.10 Å². The summed E-state index contributed by atoms with van der Waals surface area (Å²) in [6.45, 7) is 6.27. The molecule has 0 bridgehead atoms. The van der Waals surface area contributed by atoms with Crippen molar-refractivity contribution in [3.05, 3.63) is 0 Å². The fourth-order valence-electron chi connectivity index (χ4n) is 1.25. The maximum absolute atomic E-state index is 5.46. The molecule has 2 nitrogen and oxygen atoms in total. The van der Waals surface area contributed by atoms with Crippen LogP contribution in [0.2, 0.25) is 0 Å². The van der Waals surface area contributed by atoms with E-state index in [1.807, 2.05) is 7.05 Å². The van der Waals surface area contributed by atoms with Crippen molar-refractivity contribution in [2.24, 2.45) is 0 Å². The normalized spacial score (nSPS) is 11.1. The van der Waals surface area contributed by atoms with E-state index in [2.05, 4.69) is 19.2 Å². The molecular weight excluding hydrogens is 162 g/mol. The lowest BCUT2D eigenvalue weighted by Crippen LogP contribution is -2.07. The number of rotatable bonds is 9. The van der Waals surface area contributed by atoms with Crippen LogP contribution in [0.15, 0.2) is 0 Å². The van der Waals surface area contributed by atoms with E-state index in [1.54, 1.807) is 0 Å². The Morgan fingerprint density at radius 1 is 1.00 bits per heavy atom. The largest absolute Gasteiger partial charge is 0.379 e. The van der Waals surface area contributed by atoms with Gasteiger partial charge in [-0.2, -0.15) is 0 Å². The van der Waals surface area contributed by atoms with Gasteiger partial charge in [0.2, 0.25) is 0 Å². The summed E-state index contributed by atoms with van der Waals surface area (Å²) in [6.07, 6.45) is 6.94. The van der Waals surface area contributed by atoms with Gasteiger partial charge in [0, 0.05) is 6.61 Å². The first-order valence-corrected chi connectivity index (χ1v) is 5.53. The number of ether oxygens (including phenoxy) is 1. The van der Waals surface area contributed by atoms with Crippen LogP contribution in [0.25, 0.3) is 0 Å². The lowest BCUT2D eigenvalue weighted by Gasteiger charge is -2.06. The molecule has 0 radical (unpaired) electrons. The van der Waals surface area contributed by atoms with E-state index < -0.39 is 0 Å². The van der Waals surface area contributed by atoms with E-state index in [9.17, 15) is 0 Å². The Labute approximate surface area is 83.1 Å². The van der Waals surface area contributed by atoms with E-state index in [0.717, 1.165) is 13.2 Å². The lowest BCUT2D eigenvalue weighted by atomic mass is 10.1. The van der Waals surface area contributed by atoms with Crippen molar-refractivity contribution in [3.8, 4) is 0 Å². The smallest absolute Gasteiger partial charge is 0.0518 e. The third kappa shape index (κ3) is 11.9. The van der Waals surface area contributed by atoms with Crippen LogP contribution >= 0.6 is 0 Å². The van der Waals surface area contributed by atoms with E-state index in [-0.39, 0.29) is 0 Å². The molecule has 0 aromatic carbocycles. The van der Waals surface area contributed by atoms with Gasteiger partial charge in [-0.1, -0.05) is 19.3 Å². The Morgan fingerprint density at radius 3 is 2.23 bits per heavy atom. The van der Waals surface area contributed by atoms with Gasteiger partial charge in [-0.25, -0.2) is 0 Å². The molecule has 0 fully saturated rings. The van der Waals surface area contributed by atoms with Crippen molar-refractivity contribution in [1.82, 2.24) is 5.32 Å². The summed E-state index contributed by atoms with van der Waals surface area (Å²) in [7, 11) is 2.01. The van der Waals surface area contributed by atoms with Crippen molar-refractivity contribution in [1.29, 1.82) is 0 Å². The zero-order chi connectivity index (χ0) is 9.94. The Morgan fingerprint density at radius 2 is 1.62 bits per heavy atom. The highest BCUT2D eigenvalue weighted by atomic mass is 16.5. The van der Waals surface area contributed by atoms with Crippen molar-refractivity contribution in [3.63, 3.8) is 0 Å². The second-order valence-electron chi connectivity index (χ2n) is 3.79. The van der Waals surface area contributed by atoms with Crippen molar-refractivity contribution < 1.29 is 4.74 Å². The minimum absolute atomic E-state index is 0.393. The number of hydrogen-bond donors (Lipinski definition) is 1. The molecule has 0 saturated carbocycles. The second-order valence-corrected chi connectivity index (χ2v) is 3.79. The van der Waals surface area contributed by atoms with Crippen molar-refractivity contribution in [2.75, 3.05) is 20.2 Å². The van der Waals surface area contributed by atoms with Crippen molar-refractivity contribution >= 4 is 0 Å².